The maximum atomic E-state index is 12.7. The molecule has 0 bridgehead atoms. The van der Waals surface area contributed by atoms with Crippen LogP contribution in [-0.2, 0) is 15.5 Å². The zero-order valence-corrected chi connectivity index (χ0v) is 7.72. The van der Waals surface area contributed by atoms with Crippen LogP contribution in [-0.4, -0.2) is 22.7 Å². The molecule has 1 heterocycles. The fraction of sp³-hybridized carbons (Fsp3) is 0.333. The average molecular weight is 200 g/mol. The van der Waals surface area contributed by atoms with Gasteiger partial charge < -0.3 is 4.74 Å². The van der Waals surface area contributed by atoms with Gasteiger partial charge in [-0.2, -0.15) is 0 Å². The first-order chi connectivity index (χ1) is 6.25. The predicted octanol–water partition coefficient (Wildman–Crippen LogP) is 1.33. The normalized spacial score (nSPS) is 22.7. The van der Waals surface area contributed by atoms with Crippen molar-refractivity contribution >= 4 is 10.8 Å². The summed E-state index contributed by atoms with van der Waals surface area (Å²) < 4.78 is 29.2. The Morgan fingerprint density at radius 2 is 2.38 bits per heavy atom. The van der Waals surface area contributed by atoms with Gasteiger partial charge in [-0.3, -0.25) is 4.21 Å². The fourth-order valence-corrected chi connectivity index (χ4v) is 2.23. The Bertz CT molecular complexity index is 336. The van der Waals surface area contributed by atoms with Crippen molar-refractivity contribution in [3.05, 3.63) is 30.1 Å². The molecule has 1 aromatic rings. The second-order valence-electron chi connectivity index (χ2n) is 2.92. The summed E-state index contributed by atoms with van der Waals surface area (Å²) in [6.45, 7) is 0.682. The third kappa shape index (κ3) is 2.35. The van der Waals surface area contributed by atoms with Crippen molar-refractivity contribution in [3.63, 3.8) is 0 Å². The largest absolute Gasteiger partial charge is 0.372 e. The molecule has 4 heteroatoms. The van der Waals surface area contributed by atoms with E-state index >= 15 is 0 Å². The van der Waals surface area contributed by atoms with Crippen molar-refractivity contribution in [2.24, 2.45) is 0 Å². The number of hydrogen-bond acceptors (Lipinski definition) is 2. The lowest BCUT2D eigenvalue weighted by Gasteiger charge is -1.98. The van der Waals surface area contributed by atoms with E-state index in [9.17, 15) is 8.60 Å². The van der Waals surface area contributed by atoms with Crippen LogP contribution in [0.1, 0.15) is 0 Å². The van der Waals surface area contributed by atoms with E-state index in [2.05, 4.69) is 0 Å². The van der Waals surface area contributed by atoms with E-state index in [4.69, 9.17) is 4.74 Å². The third-order valence-electron chi connectivity index (χ3n) is 1.80. The number of rotatable bonds is 3. The highest BCUT2D eigenvalue weighted by Crippen LogP contribution is 2.15. The Hall–Kier alpha value is -0.740. The first-order valence-corrected chi connectivity index (χ1v) is 5.33. The minimum absolute atomic E-state index is 0.115. The summed E-state index contributed by atoms with van der Waals surface area (Å²) in [7, 11) is -1.13. The van der Waals surface area contributed by atoms with Gasteiger partial charge in [0.25, 0.3) is 0 Å². The molecule has 2 nitrogen and oxygen atoms in total. The molecule has 1 fully saturated rings. The highest BCUT2D eigenvalue weighted by molar-refractivity contribution is 7.85. The molecule has 1 aromatic carbocycles. The van der Waals surface area contributed by atoms with Gasteiger partial charge in [0, 0.05) is 4.90 Å². The molecule has 1 unspecified atom stereocenters. The van der Waals surface area contributed by atoms with Crippen LogP contribution in [0.15, 0.2) is 29.2 Å². The number of hydrogen-bond donors (Lipinski definition) is 0. The van der Waals surface area contributed by atoms with Crippen LogP contribution in [0.2, 0.25) is 0 Å². The molecule has 0 spiro atoms. The zero-order valence-electron chi connectivity index (χ0n) is 6.90. The van der Waals surface area contributed by atoms with Gasteiger partial charge in [-0.1, -0.05) is 6.07 Å². The minimum Gasteiger partial charge on any atom is -0.372 e. The Labute approximate surface area is 78.2 Å². The van der Waals surface area contributed by atoms with Crippen molar-refractivity contribution in [3.8, 4) is 0 Å². The molecule has 0 aliphatic carbocycles. The highest BCUT2D eigenvalue weighted by Gasteiger charge is 2.25. The molecule has 0 radical (unpaired) electrons. The summed E-state index contributed by atoms with van der Waals surface area (Å²) in [6.07, 6.45) is 0.115. The lowest BCUT2D eigenvalue weighted by atomic mass is 10.4. The molecule has 1 aliphatic heterocycles. The van der Waals surface area contributed by atoms with Crippen LogP contribution in [0.3, 0.4) is 0 Å². The van der Waals surface area contributed by atoms with Gasteiger partial charge in [-0.25, -0.2) is 4.39 Å². The second kappa shape index (κ2) is 3.55. The molecule has 1 saturated heterocycles. The topological polar surface area (TPSA) is 29.6 Å². The molecule has 2 atom stereocenters. The van der Waals surface area contributed by atoms with Crippen LogP contribution < -0.4 is 0 Å². The Morgan fingerprint density at radius 3 is 3.00 bits per heavy atom. The van der Waals surface area contributed by atoms with Crippen molar-refractivity contribution in [1.82, 2.24) is 0 Å². The molecule has 2 rings (SSSR count). The fourth-order valence-electron chi connectivity index (χ4n) is 1.04. The van der Waals surface area contributed by atoms with Crippen LogP contribution in [0.5, 0.6) is 0 Å². The van der Waals surface area contributed by atoms with Gasteiger partial charge in [-0.05, 0) is 18.2 Å². The van der Waals surface area contributed by atoms with Crippen LogP contribution in [0.25, 0.3) is 0 Å². The molecule has 0 saturated carbocycles. The molecule has 13 heavy (non-hydrogen) atoms. The second-order valence-corrected chi connectivity index (χ2v) is 4.42. The standard InChI is InChI=1S/C9H9FO2S/c10-7-2-1-3-9(4-7)13(11)6-8-5-12-8/h1-4,8H,5-6H2/t8-,13?/m1/s1. The van der Waals surface area contributed by atoms with Gasteiger partial charge in [0.1, 0.15) is 5.82 Å². The molecular weight excluding hydrogens is 191 g/mol. The van der Waals surface area contributed by atoms with Crippen LogP contribution in [0, 0.1) is 5.82 Å². The maximum Gasteiger partial charge on any atom is 0.124 e. The van der Waals surface area contributed by atoms with E-state index in [0.717, 1.165) is 0 Å². The minimum atomic E-state index is -1.13. The van der Waals surface area contributed by atoms with E-state index in [1.807, 2.05) is 0 Å². The molecule has 70 valence electrons. The third-order valence-corrected chi connectivity index (χ3v) is 3.25. The number of benzene rings is 1. The Balaban J connectivity index is 2.09. The molecule has 0 aromatic heterocycles. The smallest absolute Gasteiger partial charge is 0.124 e. The number of ether oxygens (including phenoxy) is 1. The Kier molecular flexibility index (Phi) is 2.42. The summed E-state index contributed by atoms with van der Waals surface area (Å²) >= 11 is 0. The van der Waals surface area contributed by atoms with Gasteiger partial charge >= 0.3 is 0 Å². The SMILES string of the molecule is O=S(C[C@H]1CO1)c1cccc(F)c1. The van der Waals surface area contributed by atoms with E-state index in [1.165, 1.54) is 12.1 Å². The number of epoxide rings is 1. The van der Waals surface area contributed by atoms with Crippen molar-refractivity contribution in [1.29, 1.82) is 0 Å². The zero-order chi connectivity index (χ0) is 9.26. The average Bonchev–Trinajstić information content (AvgIpc) is 2.88. The van der Waals surface area contributed by atoms with Crippen molar-refractivity contribution in [2.45, 2.75) is 11.0 Å². The summed E-state index contributed by atoms with van der Waals surface area (Å²) in [5, 5.41) is 0. The monoisotopic (exact) mass is 200 g/mol. The lowest BCUT2D eigenvalue weighted by Crippen LogP contribution is -2.04. The van der Waals surface area contributed by atoms with E-state index < -0.39 is 10.8 Å². The van der Waals surface area contributed by atoms with E-state index in [0.29, 0.717) is 17.3 Å². The Morgan fingerprint density at radius 1 is 1.62 bits per heavy atom. The summed E-state index contributed by atoms with van der Waals surface area (Å²) in [4.78, 5) is 0.538. The summed E-state index contributed by atoms with van der Waals surface area (Å²) in [5.41, 5.74) is 0. The summed E-state index contributed by atoms with van der Waals surface area (Å²) in [5.74, 6) is 0.131. The van der Waals surface area contributed by atoms with E-state index in [1.54, 1.807) is 12.1 Å². The highest BCUT2D eigenvalue weighted by atomic mass is 32.2. The van der Waals surface area contributed by atoms with Gasteiger partial charge in [0.2, 0.25) is 0 Å². The maximum absolute atomic E-state index is 12.7. The molecule has 1 aliphatic rings. The van der Waals surface area contributed by atoms with Gasteiger partial charge in [-0.15, -0.1) is 0 Å². The molecule has 0 N–H and O–H groups in total. The van der Waals surface area contributed by atoms with Crippen molar-refractivity contribution in [2.75, 3.05) is 12.4 Å². The molecular formula is C9H9FO2S. The van der Waals surface area contributed by atoms with Gasteiger partial charge in [0.05, 0.1) is 29.3 Å². The first-order valence-electron chi connectivity index (χ1n) is 4.01. The first kappa shape index (κ1) is 8.84. The molecule has 0 amide bonds. The van der Waals surface area contributed by atoms with Crippen molar-refractivity contribution < 1.29 is 13.3 Å². The number of halogens is 1. The quantitative estimate of drug-likeness (QED) is 0.689. The summed E-state index contributed by atoms with van der Waals surface area (Å²) in [6, 6.07) is 5.88. The predicted molar refractivity (Wildman–Crippen MR) is 47.4 cm³/mol. The van der Waals surface area contributed by atoms with Crippen LogP contribution >= 0.6 is 0 Å². The van der Waals surface area contributed by atoms with E-state index in [-0.39, 0.29) is 11.9 Å². The van der Waals surface area contributed by atoms with Crippen LogP contribution in [0.4, 0.5) is 4.39 Å². The lowest BCUT2D eigenvalue weighted by molar-refractivity contribution is 0.424. The van der Waals surface area contributed by atoms with Gasteiger partial charge in [0.15, 0.2) is 0 Å².